The van der Waals surface area contributed by atoms with E-state index in [4.69, 9.17) is 20.9 Å². The number of pyridine rings is 1. The van der Waals surface area contributed by atoms with Crippen molar-refractivity contribution < 1.29 is 9.26 Å². The number of halogens is 2. The molecule has 3 heterocycles. The third kappa shape index (κ3) is 3.00. The molecule has 0 amide bonds. The molecule has 0 bridgehead atoms. The molecule has 0 aliphatic rings. The molecule has 6 nitrogen and oxygen atoms in total. The zero-order valence-electron chi connectivity index (χ0n) is 12.2. The van der Waals surface area contributed by atoms with Gasteiger partial charge in [-0.2, -0.15) is 4.98 Å². The highest BCUT2D eigenvalue weighted by molar-refractivity contribution is 9.10. The van der Waals surface area contributed by atoms with Crippen molar-refractivity contribution in [1.29, 1.82) is 0 Å². The van der Waals surface area contributed by atoms with Crippen LogP contribution in [-0.2, 0) is 6.61 Å². The molecular weight excluding hydrogens is 396 g/mol. The van der Waals surface area contributed by atoms with E-state index >= 15 is 0 Å². The lowest BCUT2D eigenvalue weighted by atomic mass is 10.2. The molecule has 0 saturated carbocycles. The number of hydrogen-bond acceptors (Lipinski definition) is 5. The van der Waals surface area contributed by atoms with Crippen LogP contribution in [0.4, 0.5) is 0 Å². The van der Waals surface area contributed by atoms with Gasteiger partial charge in [-0.15, -0.1) is 0 Å². The third-order valence-corrected chi connectivity index (χ3v) is 4.13. The standard InChI is InChI=1S/C16H10BrClN4O2/c17-10-5-6-14-19-11(8-22(14)7-10)9-23-16-20-15(21-24-16)12-3-1-2-4-13(12)18/h1-8H,9H2. The first-order valence-electron chi connectivity index (χ1n) is 7.03. The molecule has 0 saturated heterocycles. The summed E-state index contributed by atoms with van der Waals surface area (Å²) in [6, 6.07) is 11.1. The van der Waals surface area contributed by atoms with E-state index in [-0.39, 0.29) is 12.7 Å². The predicted octanol–water partition coefficient (Wildman–Crippen LogP) is 4.38. The lowest BCUT2D eigenvalue weighted by Gasteiger charge is -1.97. The van der Waals surface area contributed by atoms with Crippen molar-refractivity contribution in [2.75, 3.05) is 0 Å². The Morgan fingerprint density at radius 3 is 2.88 bits per heavy atom. The minimum absolute atomic E-state index is 0.0724. The van der Waals surface area contributed by atoms with Crippen LogP contribution in [-0.4, -0.2) is 19.5 Å². The zero-order chi connectivity index (χ0) is 16.5. The molecule has 3 aromatic heterocycles. The molecule has 0 N–H and O–H groups in total. The average Bonchev–Trinajstić information content (AvgIpc) is 3.19. The van der Waals surface area contributed by atoms with Gasteiger partial charge in [-0.05, 0) is 40.2 Å². The minimum Gasteiger partial charge on any atom is -0.442 e. The normalized spacial score (nSPS) is 11.1. The minimum atomic E-state index is 0.0724. The number of ether oxygens (including phenoxy) is 1. The van der Waals surface area contributed by atoms with Gasteiger partial charge < -0.3 is 9.14 Å². The van der Waals surface area contributed by atoms with Gasteiger partial charge in [0, 0.05) is 22.4 Å². The van der Waals surface area contributed by atoms with E-state index in [1.807, 2.05) is 47.1 Å². The van der Waals surface area contributed by atoms with Gasteiger partial charge in [0.15, 0.2) is 0 Å². The molecule has 1 aromatic carbocycles. The van der Waals surface area contributed by atoms with Crippen LogP contribution in [0.15, 0.2) is 57.8 Å². The third-order valence-electron chi connectivity index (χ3n) is 3.33. The summed E-state index contributed by atoms with van der Waals surface area (Å²) in [7, 11) is 0. The topological polar surface area (TPSA) is 65.5 Å². The predicted molar refractivity (Wildman–Crippen MR) is 92.0 cm³/mol. The first-order valence-corrected chi connectivity index (χ1v) is 8.21. The maximum Gasteiger partial charge on any atom is 0.418 e. The van der Waals surface area contributed by atoms with Gasteiger partial charge in [-0.1, -0.05) is 28.9 Å². The van der Waals surface area contributed by atoms with E-state index < -0.39 is 0 Å². The van der Waals surface area contributed by atoms with Crippen LogP contribution in [0.1, 0.15) is 5.69 Å². The summed E-state index contributed by atoms with van der Waals surface area (Å²) >= 11 is 9.54. The van der Waals surface area contributed by atoms with Crippen LogP contribution in [0.5, 0.6) is 6.08 Å². The van der Waals surface area contributed by atoms with Crippen molar-refractivity contribution in [3.05, 3.63) is 64.0 Å². The van der Waals surface area contributed by atoms with E-state index in [2.05, 4.69) is 31.1 Å². The second-order valence-electron chi connectivity index (χ2n) is 5.00. The summed E-state index contributed by atoms with van der Waals surface area (Å²) in [5, 5.41) is 4.44. The molecule has 0 unspecified atom stereocenters. The highest BCUT2D eigenvalue weighted by Gasteiger charge is 2.13. The van der Waals surface area contributed by atoms with Crippen molar-refractivity contribution >= 4 is 33.2 Å². The number of fused-ring (bicyclic) bond motifs is 1. The maximum atomic E-state index is 6.12. The summed E-state index contributed by atoms with van der Waals surface area (Å²) in [5.74, 6) is 0.384. The first-order chi connectivity index (χ1) is 11.7. The Balaban J connectivity index is 1.50. The van der Waals surface area contributed by atoms with Gasteiger partial charge >= 0.3 is 6.08 Å². The number of aromatic nitrogens is 4. The average molecular weight is 406 g/mol. The van der Waals surface area contributed by atoms with Crippen LogP contribution in [0.3, 0.4) is 0 Å². The van der Waals surface area contributed by atoms with Gasteiger partial charge in [-0.25, -0.2) is 4.98 Å². The summed E-state index contributed by atoms with van der Waals surface area (Å²) < 4.78 is 13.5. The van der Waals surface area contributed by atoms with Gasteiger partial charge in [0.25, 0.3) is 0 Å². The van der Waals surface area contributed by atoms with Crippen molar-refractivity contribution in [2.45, 2.75) is 6.61 Å². The second kappa shape index (κ2) is 6.26. The molecule has 120 valence electrons. The Morgan fingerprint density at radius 2 is 2.00 bits per heavy atom. The van der Waals surface area contributed by atoms with Crippen LogP contribution < -0.4 is 4.74 Å². The van der Waals surface area contributed by atoms with Gasteiger partial charge in [-0.3, -0.25) is 4.52 Å². The summed E-state index contributed by atoms with van der Waals surface area (Å²) in [6.07, 6.45) is 3.88. The highest BCUT2D eigenvalue weighted by atomic mass is 79.9. The fourth-order valence-corrected chi connectivity index (χ4v) is 2.82. The Bertz CT molecular complexity index is 1010. The van der Waals surface area contributed by atoms with E-state index in [0.29, 0.717) is 16.4 Å². The molecule has 0 aliphatic carbocycles. The molecule has 0 aliphatic heterocycles. The number of imidazole rings is 1. The van der Waals surface area contributed by atoms with Crippen molar-refractivity contribution in [3.8, 4) is 17.5 Å². The Kier molecular flexibility index (Phi) is 3.95. The lowest BCUT2D eigenvalue weighted by Crippen LogP contribution is -1.95. The van der Waals surface area contributed by atoms with Crippen LogP contribution in [0.2, 0.25) is 5.02 Å². The Hall–Kier alpha value is -2.38. The second-order valence-corrected chi connectivity index (χ2v) is 6.32. The van der Waals surface area contributed by atoms with Crippen molar-refractivity contribution in [3.63, 3.8) is 0 Å². The summed E-state index contributed by atoms with van der Waals surface area (Å²) in [4.78, 5) is 8.65. The first kappa shape index (κ1) is 15.2. The zero-order valence-corrected chi connectivity index (χ0v) is 14.5. The number of nitrogens with zero attached hydrogens (tertiary/aromatic N) is 4. The Labute approximate surface area is 150 Å². The summed E-state index contributed by atoms with van der Waals surface area (Å²) in [6.45, 7) is 0.226. The van der Waals surface area contributed by atoms with Gasteiger partial charge in [0.05, 0.1) is 10.7 Å². The molecule has 0 spiro atoms. The van der Waals surface area contributed by atoms with E-state index in [1.165, 1.54) is 0 Å². The molecule has 0 fully saturated rings. The van der Waals surface area contributed by atoms with Crippen LogP contribution in [0, 0.1) is 0 Å². The molecule has 4 rings (SSSR count). The highest BCUT2D eigenvalue weighted by Crippen LogP contribution is 2.26. The van der Waals surface area contributed by atoms with Gasteiger partial charge in [0.1, 0.15) is 12.3 Å². The number of benzene rings is 1. The molecular formula is C16H10BrClN4O2. The van der Waals surface area contributed by atoms with E-state index in [1.54, 1.807) is 6.07 Å². The quantitative estimate of drug-likeness (QED) is 0.504. The van der Waals surface area contributed by atoms with Crippen LogP contribution in [0.25, 0.3) is 17.0 Å². The fraction of sp³-hybridized carbons (Fsp3) is 0.0625. The van der Waals surface area contributed by atoms with E-state index in [9.17, 15) is 0 Å². The number of rotatable bonds is 4. The number of hydrogen-bond donors (Lipinski definition) is 0. The van der Waals surface area contributed by atoms with Crippen LogP contribution >= 0.6 is 27.5 Å². The molecule has 8 heteroatoms. The Morgan fingerprint density at radius 1 is 1.12 bits per heavy atom. The van der Waals surface area contributed by atoms with Crippen molar-refractivity contribution in [2.24, 2.45) is 0 Å². The lowest BCUT2D eigenvalue weighted by molar-refractivity contribution is 0.193. The molecule has 24 heavy (non-hydrogen) atoms. The molecule has 0 atom stereocenters. The maximum absolute atomic E-state index is 6.12. The molecule has 0 radical (unpaired) electrons. The largest absolute Gasteiger partial charge is 0.442 e. The van der Waals surface area contributed by atoms with E-state index in [0.717, 1.165) is 15.8 Å². The summed E-state index contributed by atoms with van der Waals surface area (Å²) in [5.41, 5.74) is 2.28. The fourth-order valence-electron chi connectivity index (χ4n) is 2.24. The molecule has 4 aromatic rings. The SMILES string of the molecule is Clc1ccccc1-c1noc(OCc2cn3cc(Br)ccc3n2)n1. The van der Waals surface area contributed by atoms with Crippen molar-refractivity contribution in [1.82, 2.24) is 19.5 Å². The van der Waals surface area contributed by atoms with Gasteiger partial charge in [0.2, 0.25) is 5.82 Å². The monoisotopic (exact) mass is 404 g/mol. The smallest absolute Gasteiger partial charge is 0.418 e.